The first kappa shape index (κ1) is 15.0. The van der Waals surface area contributed by atoms with Gasteiger partial charge >= 0.3 is 0 Å². The van der Waals surface area contributed by atoms with Crippen LogP contribution < -0.4 is 11.1 Å². The van der Waals surface area contributed by atoms with Gasteiger partial charge in [-0.2, -0.15) is 0 Å². The van der Waals surface area contributed by atoms with Crippen molar-refractivity contribution in [1.29, 1.82) is 0 Å². The average Bonchev–Trinajstić information content (AvgIpc) is 2.50. The van der Waals surface area contributed by atoms with E-state index in [0.717, 1.165) is 11.1 Å². The number of hydrogen-bond donors (Lipinski definition) is 3. The number of benzene rings is 1. The highest BCUT2D eigenvalue weighted by Gasteiger charge is 2.17. The van der Waals surface area contributed by atoms with Crippen molar-refractivity contribution >= 4 is 5.91 Å². The number of amides is 1. The van der Waals surface area contributed by atoms with Gasteiger partial charge in [0.15, 0.2) is 0 Å². The van der Waals surface area contributed by atoms with Crippen LogP contribution in [0.15, 0.2) is 48.8 Å². The molecule has 0 bridgehead atoms. The van der Waals surface area contributed by atoms with E-state index >= 15 is 0 Å². The molecule has 21 heavy (non-hydrogen) atoms. The maximum Gasteiger partial charge on any atom is 0.237 e. The zero-order chi connectivity index (χ0) is 15.2. The van der Waals surface area contributed by atoms with E-state index in [1.165, 1.54) is 0 Å². The van der Waals surface area contributed by atoms with Crippen LogP contribution in [0.3, 0.4) is 0 Å². The number of nitrogens with one attached hydrogen (secondary N) is 1. The van der Waals surface area contributed by atoms with E-state index in [2.05, 4.69) is 10.3 Å². The molecule has 0 spiro atoms. The summed E-state index contributed by atoms with van der Waals surface area (Å²) in [4.78, 5) is 16.1. The molecule has 0 saturated heterocycles. The molecule has 5 nitrogen and oxygen atoms in total. The molecule has 0 aliphatic rings. The highest BCUT2D eigenvalue weighted by molar-refractivity contribution is 5.82. The Balaban J connectivity index is 1.92. The molecule has 0 aliphatic carbocycles. The van der Waals surface area contributed by atoms with Crippen LogP contribution in [0.4, 0.5) is 0 Å². The molecule has 0 radical (unpaired) electrons. The molecule has 1 heterocycles. The summed E-state index contributed by atoms with van der Waals surface area (Å²) in [5, 5.41) is 12.1. The van der Waals surface area contributed by atoms with E-state index in [9.17, 15) is 9.90 Å². The molecule has 1 aromatic carbocycles. The molecule has 4 N–H and O–H groups in total. The summed E-state index contributed by atoms with van der Waals surface area (Å²) in [5.74, 6) is -0.0126. The smallest absolute Gasteiger partial charge is 0.237 e. The number of carbonyl (C=O) groups excluding carboxylic acids is 1. The fourth-order valence-electron chi connectivity index (χ4n) is 2.01. The van der Waals surface area contributed by atoms with E-state index in [0.29, 0.717) is 6.42 Å². The number of rotatable bonds is 5. The topological polar surface area (TPSA) is 88.2 Å². The Kier molecular flexibility index (Phi) is 4.90. The monoisotopic (exact) mass is 285 g/mol. The third-order valence-corrected chi connectivity index (χ3v) is 3.27. The Bertz CT molecular complexity index is 584. The average molecular weight is 285 g/mol. The first-order chi connectivity index (χ1) is 10.1. The zero-order valence-corrected chi connectivity index (χ0v) is 11.9. The van der Waals surface area contributed by atoms with Gasteiger partial charge in [-0.1, -0.05) is 18.2 Å². The normalized spacial score (nSPS) is 13.4. The van der Waals surface area contributed by atoms with E-state index in [4.69, 9.17) is 5.73 Å². The van der Waals surface area contributed by atoms with Crippen LogP contribution in [0.2, 0.25) is 0 Å². The second-order valence-corrected chi connectivity index (χ2v) is 4.99. The molecule has 2 rings (SSSR count). The number of hydrogen-bond acceptors (Lipinski definition) is 4. The lowest BCUT2D eigenvalue weighted by Gasteiger charge is -2.17. The number of carbonyl (C=O) groups is 1. The zero-order valence-electron chi connectivity index (χ0n) is 11.9. The largest absolute Gasteiger partial charge is 0.508 e. The number of phenols is 1. The van der Waals surface area contributed by atoms with Crippen LogP contribution in [-0.4, -0.2) is 22.0 Å². The molecular formula is C16H19N3O2. The quantitative estimate of drug-likeness (QED) is 0.777. The number of nitrogens with zero attached hydrogens (tertiary/aromatic N) is 1. The van der Waals surface area contributed by atoms with Crippen LogP contribution in [0.25, 0.3) is 0 Å². The summed E-state index contributed by atoms with van der Waals surface area (Å²) < 4.78 is 0. The molecule has 5 heteroatoms. The van der Waals surface area contributed by atoms with Gasteiger partial charge in [-0.05, 0) is 42.7 Å². The third-order valence-electron chi connectivity index (χ3n) is 3.27. The first-order valence-electron chi connectivity index (χ1n) is 6.80. The second kappa shape index (κ2) is 6.85. The van der Waals surface area contributed by atoms with Gasteiger partial charge in [0, 0.05) is 12.4 Å². The fraction of sp³-hybridized carbons (Fsp3) is 0.250. The van der Waals surface area contributed by atoms with Crippen molar-refractivity contribution in [3.05, 3.63) is 59.9 Å². The highest BCUT2D eigenvalue weighted by atomic mass is 16.3. The summed E-state index contributed by atoms with van der Waals surface area (Å²) in [6, 6.07) is 9.64. The number of aromatic nitrogens is 1. The van der Waals surface area contributed by atoms with Crippen molar-refractivity contribution in [3.8, 4) is 5.75 Å². The van der Waals surface area contributed by atoms with E-state index in [1.807, 2.05) is 19.1 Å². The Hall–Kier alpha value is -2.40. The van der Waals surface area contributed by atoms with Crippen molar-refractivity contribution in [1.82, 2.24) is 10.3 Å². The number of phenolic OH excluding ortho intramolecular Hbond substituents is 1. The minimum atomic E-state index is -0.631. The van der Waals surface area contributed by atoms with Crippen LogP contribution in [0.1, 0.15) is 24.1 Å². The van der Waals surface area contributed by atoms with Gasteiger partial charge in [0.05, 0.1) is 12.1 Å². The minimum Gasteiger partial charge on any atom is -0.508 e. The molecular weight excluding hydrogens is 266 g/mol. The van der Waals surface area contributed by atoms with Crippen molar-refractivity contribution in [3.63, 3.8) is 0 Å². The fourth-order valence-corrected chi connectivity index (χ4v) is 2.01. The molecule has 0 aliphatic heterocycles. The van der Waals surface area contributed by atoms with Crippen molar-refractivity contribution in [2.75, 3.05) is 0 Å². The number of nitrogens with two attached hydrogens (primary N) is 1. The van der Waals surface area contributed by atoms with Gasteiger partial charge in [0.2, 0.25) is 5.91 Å². The lowest BCUT2D eigenvalue weighted by atomic mass is 10.0. The lowest BCUT2D eigenvalue weighted by Crippen LogP contribution is -2.42. The van der Waals surface area contributed by atoms with Gasteiger partial charge < -0.3 is 16.2 Å². The Morgan fingerprint density at radius 3 is 2.67 bits per heavy atom. The highest BCUT2D eigenvalue weighted by Crippen LogP contribution is 2.12. The molecule has 0 fully saturated rings. The van der Waals surface area contributed by atoms with E-state index in [-0.39, 0.29) is 17.7 Å². The Morgan fingerprint density at radius 2 is 2.05 bits per heavy atom. The molecule has 1 amide bonds. The molecule has 1 aromatic heterocycles. The van der Waals surface area contributed by atoms with Gasteiger partial charge in [-0.25, -0.2) is 0 Å². The van der Waals surface area contributed by atoms with Crippen molar-refractivity contribution < 1.29 is 9.90 Å². The standard InChI is InChI=1S/C16H19N3O2/c1-11(13-3-2-8-18-10-13)19-16(21)15(17)9-12-4-6-14(20)7-5-12/h2-8,10-11,15,20H,9,17H2,1H3,(H,19,21)/t11?,15-/m0/s1. The lowest BCUT2D eigenvalue weighted by molar-refractivity contribution is -0.123. The predicted octanol–water partition coefficient (Wildman–Crippen LogP) is 1.53. The third kappa shape index (κ3) is 4.29. The summed E-state index contributed by atoms with van der Waals surface area (Å²) in [7, 11) is 0. The van der Waals surface area contributed by atoms with Crippen molar-refractivity contribution in [2.45, 2.75) is 25.4 Å². The van der Waals surface area contributed by atoms with Gasteiger partial charge in [-0.15, -0.1) is 0 Å². The second-order valence-electron chi connectivity index (χ2n) is 4.99. The molecule has 110 valence electrons. The van der Waals surface area contributed by atoms with Crippen LogP contribution in [-0.2, 0) is 11.2 Å². The van der Waals surface area contributed by atoms with Gasteiger partial charge in [0.25, 0.3) is 0 Å². The molecule has 1 unspecified atom stereocenters. The van der Waals surface area contributed by atoms with E-state index in [1.54, 1.807) is 36.7 Å². The van der Waals surface area contributed by atoms with Crippen LogP contribution in [0, 0.1) is 0 Å². The Labute approximate surface area is 123 Å². The molecule has 2 atom stereocenters. The summed E-state index contributed by atoms with van der Waals surface area (Å²) in [5.41, 5.74) is 7.76. The maximum atomic E-state index is 12.1. The van der Waals surface area contributed by atoms with Crippen molar-refractivity contribution in [2.24, 2.45) is 5.73 Å². The van der Waals surface area contributed by atoms with Crippen LogP contribution >= 0.6 is 0 Å². The predicted molar refractivity (Wildman–Crippen MR) is 80.6 cm³/mol. The SMILES string of the molecule is CC(NC(=O)[C@@H](N)Cc1ccc(O)cc1)c1cccnc1. The number of pyridine rings is 1. The van der Waals surface area contributed by atoms with E-state index < -0.39 is 6.04 Å². The first-order valence-corrected chi connectivity index (χ1v) is 6.80. The summed E-state index contributed by atoms with van der Waals surface area (Å²) >= 11 is 0. The van der Waals surface area contributed by atoms with Crippen LogP contribution in [0.5, 0.6) is 5.75 Å². The summed E-state index contributed by atoms with van der Waals surface area (Å²) in [6.45, 7) is 1.89. The Morgan fingerprint density at radius 1 is 1.33 bits per heavy atom. The molecule has 2 aromatic rings. The minimum absolute atomic E-state index is 0.142. The summed E-state index contributed by atoms with van der Waals surface area (Å²) in [6.07, 6.45) is 3.83. The number of aromatic hydroxyl groups is 1. The van der Waals surface area contributed by atoms with Gasteiger partial charge in [-0.3, -0.25) is 9.78 Å². The van der Waals surface area contributed by atoms with Gasteiger partial charge in [0.1, 0.15) is 5.75 Å². The maximum absolute atomic E-state index is 12.1. The molecule has 0 saturated carbocycles.